The van der Waals surface area contributed by atoms with Crippen molar-refractivity contribution < 1.29 is 13.2 Å². The molecule has 17 heavy (non-hydrogen) atoms. The number of ether oxygens (including phenoxy) is 1. The first kappa shape index (κ1) is 12.6. The van der Waals surface area contributed by atoms with Crippen molar-refractivity contribution in [2.24, 2.45) is 0 Å². The summed E-state index contributed by atoms with van der Waals surface area (Å²) in [6, 6.07) is 1.49. The summed E-state index contributed by atoms with van der Waals surface area (Å²) in [5, 5.41) is 0. The minimum absolute atomic E-state index is 0.150. The predicted octanol–water partition coefficient (Wildman–Crippen LogP) is 0.497. The molecule has 1 saturated heterocycles. The Kier molecular flexibility index (Phi) is 3.55. The molecule has 8 heteroatoms. The van der Waals surface area contributed by atoms with E-state index in [-0.39, 0.29) is 18.4 Å². The van der Waals surface area contributed by atoms with Crippen molar-refractivity contribution in [3.8, 4) is 5.88 Å². The van der Waals surface area contributed by atoms with Crippen molar-refractivity contribution >= 4 is 31.6 Å². The van der Waals surface area contributed by atoms with Gasteiger partial charge >= 0.3 is 0 Å². The van der Waals surface area contributed by atoms with Gasteiger partial charge in [-0.3, -0.25) is 0 Å². The zero-order valence-corrected chi connectivity index (χ0v) is 11.3. The number of hydrogen-bond acceptors (Lipinski definition) is 5. The Labute approximate surface area is 108 Å². The molecule has 0 aliphatic carbocycles. The summed E-state index contributed by atoms with van der Waals surface area (Å²) >= 11 is 3.27. The number of nitrogen functional groups attached to an aromatic ring is 1. The fraction of sp³-hybridized carbons (Fsp3) is 0.444. The number of rotatable bonds is 3. The first-order chi connectivity index (χ1) is 7.96. The Morgan fingerprint density at radius 1 is 1.65 bits per heavy atom. The van der Waals surface area contributed by atoms with Crippen LogP contribution in [0.1, 0.15) is 6.42 Å². The van der Waals surface area contributed by atoms with Crippen molar-refractivity contribution in [1.29, 1.82) is 0 Å². The molecule has 94 valence electrons. The number of hydrogen-bond donors (Lipinski definition) is 2. The highest BCUT2D eigenvalue weighted by molar-refractivity contribution is 9.10. The minimum Gasteiger partial charge on any atom is -0.475 e. The maximum absolute atomic E-state index is 11.2. The van der Waals surface area contributed by atoms with E-state index < -0.39 is 10.0 Å². The third-order valence-electron chi connectivity index (χ3n) is 2.33. The molecule has 0 unspecified atom stereocenters. The second kappa shape index (κ2) is 4.79. The van der Waals surface area contributed by atoms with Gasteiger partial charge in [0.25, 0.3) is 0 Å². The van der Waals surface area contributed by atoms with Crippen LogP contribution >= 0.6 is 15.9 Å². The van der Waals surface area contributed by atoms with Gasteiger partial charge in [-0.15, -0.1) is 0 Å². The Hall–Kier alpha value is -0.860. The van der Waals surface area contributed by atoms with Crippen LogP contribution in [0, 0.1) is 0 Å². The van der Waals surface area contributed by atoms with E-state index in [2.05, 4.69) is 25.6 Å². The highest BCUT2D eigenvalue weighted by Crippen LogP contribution is 2.24. The number of halogens is 1. The van der Waals surface area contributed by atoms with Crippen molar-refractivity contribution in [2.45, 2.75) is 12.5 Å². The van der Waals surface area contributed by atoms with E-state index in [1.54, 1.807) is 6.07 Å². The number of anilines is 1. The largest absolute Gasteiger partial charge is 0.475 e. The third kappa shape index (κ3) is 3.30. The van der Waals surface area contributed by atoms with Crippen LogP contribution in [0.15, 0.2) is 16.7 Å². The number of pyridine rings is 1. The monoisotopic (exact) mass is 321 g/mol. The third-order valence-corrected chi connectivity index (χ3v) is 4.36. The molecule has 1 aliphatic heterocycles. The highest BCUT2D eigenvalue weighted by Gasteiger charge is 2.27. The molecule has 1 aromatic rings. The van der Waals surface area contributed by atoms with E-state index in [1.165, 1.54) is 6.20 Å². The molecular weight excluding hydrogens is 310 g/mol. The van der Waals surface area contributed by atoms with Crippen molar-refractivity contribution in [3.05, 3.63) is 16.7 Å². The lowest BCUT2D eigenvalue weighted by molar-refractivity contribution is 0.270. The van der Waals surface area contributed by atoms with E-state index in [9.17, 15) is 8.42 Å². The second-order valence-corrected chi connectivity index (χ2v) is 6.52. The Balaban J connectivity index is 1.95. The van der Waals surface area contributed by atoms with E-state index in [1.807, 2.05) is 0 Å². The summed E-state index contributed by atoms with van der Waals surface area (Å²) in [4.78, 5) is 4.00. The van der Waals surface area contributed by atoms with Crippen LogP contribution in [0.4, 0.5) is 5.69 Å². The smallest absolute Gasteiger partial charge is 0.228 e. The van der Waals surface area contributed by atoms with Crippen LogP contribution in [0.3, 0.4) is 0 Å². The van der Waals surface area contributed by atoms with Crippen LogP contribution in [-0.2, 0) is 10.0 Å². The Bertz CT molecular complexity index is 520. The minimum atomic E-state index is -3.10. The normalized spacial score (nSPS) is 22.5. The van der Waals surface area contributed by atoms with Gasteiger partial charge < -0.3 is 10.5 Å². The quantitative estimate of drug-likeness (QED) is 0.845. The van der Waals surface area contributed by atoms with E-state index >= 15 is 0 Å². The summed E-state index contributed by atoms with van der Waals surface area (Å²) in [5.41, 5.74) is 6.07. The molecule has 2 heterocycles. The molecule has 1 aliphatic rings. The average molecular weight is 322 g/mol. The topological polar surface area (TPSA) is 94.3 Å². The molecule has 1 atom stereocenters. The van der Waals surface area contributed by atoms with Crippen LogP contribution in [0.25, 0.3) is 0 Å². The molecule has 3 N–H and O–H groups in total. The second-order valence-electron chi connectivity index (χ2n) is 3.79. The van der Waals surface area contributed by atoms with E-state index in [4.69, 9.17) is 10.5 Å². The lowest BCUT2D eigenvalue weighted by atomic mass is 10.3. The Morgan fingerprint density at radius 3 is 3.00 bits per heavy atom. The van der Waals surface area contributed by atoms with E-state index in [0.717, 1.165) is 0 Å². The molecule has 1 aromatic heterocycles. The molecule has 2 rings (SSSR count). The fourth-order valence-electron chi connectivity index (χ4n) is 1.51. The van der Waals surface area contributed by atoms with Crippen molar-refractivity contribution in [1.82, 2.24) is 9.71 Å². The number of nitrogens with zero attached hydrogens (tertiary/aromatic N) is 1. The van der Waals surface area contributed by atoms with Crippen LogP contribution in [0.2, 0.25) is 0 Å². The zero-order chi connectivity index (χ0) is 12.5. The first-order valence-electron chi connectivity index (χ1n) is 5.00. The number of nitrogens with two attached hydrogens (primary N) is 1. The van der Waals surface area contributed by atoms with Gasteiger partial charge in [0.1, 0.15) is 6.61 Å². The number of nitrogens with one attached hydrogen (secondary N) is 1. The Morgan fingerprint density at radius 2 is 2.41 bits per heavy atom. The van der Waals surface area contributed by atoms with Gasteiger partial charge in [0.15, 0.2) is 0 Å². The fourth-order valence-corrected chi connectivity index (χ4v) is 3.40. The maximum atomic E-state index is 11.2. The molecule has 0 aromatic carbocycles. The van der Waals surface area contributed by atoms with Gasteiger partial charge in [-0.1, -0.05) is 0 Å². The summed E-state index contributed by atoms with van der Waals surface area (Å²) in [7, 11) is -3.10. The lowest BCUT2D eigenvalue weighted by Crippen LogP contribution is -2.31. The summed E-state index contributed by atoms with van der Waals surface area (Å²) in [6.45, 7) is 0.259. The van der Waals surface area contributed by atoms with Gasteiger partial charge in [-0.05, 0) is 28.4 Å². The standard InChI is InChI=1S/C9H12BrN3O3S/c10-8-3-6(11)4-12-9(8)16-5-7-1-2-17(14,15)13-7/h3-4,7,13H,1-2,5,11H2/t7-/m0/s1. The van der Waals surface area contributed by atoms with Crippen molar-refractivity contribution in [2.75, 3.05) is 18.1 Å². The van der Waals surface area contributed by atoms with Gasteiger partial charge in [0.05, 0.1) is 28.2 Å². The molecule has 0 saturated carbocycles. The molecule has 0 radical (unpaired) electrons. The van der Waals surface area contributed by atoms with Gasteiger partial charge in [0, 0.05) is 0 Å². The molecule has 6 nitrogen and oxygen atoms in total. The van der Waals surface area contributed by atoms with Crippen LogP contribution in [-0.4, -0.2) is 31.8 Å². The van der Waals surface area contributed by atoms with Crippen LogP contribution in [0.5, 0.6) is 5.88 Å². The maximum Gasteiger partial charge on any atom is 0.228 e. The number of aromatic nitrogens is 1. The molecule has 0 bridgehead atoms. The number of sulfonamides is 1. The molecule has 0 amide bonds. The van der Waals surface area contributed by atoms with Gasteiger partial charge in [0.2, 0.25) is 15.9 Å². The summed E-state index contributed by atoms with van der Waals surface area (Å²) in [6.07, 6.45) is 2.04. The van der Waals surface area contributed by atoms with E-state index in [0.29, 0.717) is 22.5 Å². The average Bonchev–Trinajstić information content (AvgIpc) is 2.57. The SMILES string of the molecule is Nc1cnc(OC[C@@H]2CCS(=O)(=O)N2)c(Br)c1. The highest BCUT2D eigenvalue weighted by atomic mass is 79.9. The lowest BCUT2D eigenvalue weighted by Gasteiger charge is -2.11. The van der Waals surface area contributed by atoms with Gasteiger partial charge in [-0.2, -0.15) is 0 Å². The zero-order valence-electron chi connectivity index (χ0n) is 8.89. The van der Waals surface area contributed by atoms with Gasteiger partial charge in [-0.25, -0.2) is 18.1 Å². The van der Waals surface area contributed by atoms with Crippen molar-refractivity contribution in [3.63, 3.8) is 0 Å². The molecule has 0 spiro atoms. The molecule has 1 fully saturated rings. The summed E-state index contributed by atoms with van der Waals surface area (Å²) in [5.74, 6) is 0.558. The first-order valence-corrected chi connectivity index (χ1v) is 7.44. The summed E-state index contributed by atoms with van der Waals surface area (Å²) < 4.78 is 30.9. The molecular formula is C9H12BrN3O3S. The van der Waals surface area contributed by atoms with Crippen LogP contribution < -0.4 is 15.2 Å². The predicted molar refractivity (Wildman–Crippen MR) is 67.2 cm³/mol.